The van der Waals surface area contributed by atoms with Crippen LogP contribution in [-0.4, -0.2) is 32.4 Å². The summed E-state index contributed by atoms with van der Waals surface area (Å²) in [4.78, 5) is 0. The van der Waals surface area contributed by atoms with Gasteiger partial charge in [-0.05, 0) is 25.1 Å². The van der Waals surface area contributed by atoms with Gasteiger partial charge in [0.2, 0.25) is 10.0 Å². The van der Waals surface area contributed by atoms with Crippen molar-refractivity contribution < 1.29 is 17.9 Å². The molecule has 0 aliphatic carbocycles. The minimum absolute atomic E-state index is 0.236. The first kappa shape index (κ1) is 12.9. The van der Waals surface area contributed by atoms with E-state index < -0.39 is 27.7 Å². The van der Waals surface area contributed by atoms with Gasteiger partial charge >= 0.3 is 0 Å². The second-order valence-electron chi connectivity index (χ2n) is 3.49. The third kappa shape index (κ3) is 2.51. The quantitative estimate of drug-likeness (QED) is 0.862. The molecule has 0 aromatic heterocycles. The largest absolute Gasteiger partial charge is 0.395 e. The van der Waals surface area contributed by atoms with E-state index in [0.717, 1.165) is 10.4 Å². The summed E-state index contributed by atoms with van der Waals surface area (Å²) < 4.78 is 37.5. The molecule has 1 unspecified atom stereocenters. The van der Waals surface area contributed by atoms with Crippen molar-refractivity contribution in [1.29, 1.82) is 0 Å². The second kappa shape index (κ2) is 4.80. The Morgan fingerprint density at radius 1 is 1.50 bits per heavy atom. The molecule has 1 atom stereocenters. The molecule has 0 aliphatic heterocycles. The molecule has 0 bridgehead atoms. The van der Waals surface area contributed by atoms with Crippen molar-refractivity contribution in [3.8, 4) is 0 Å². The Morgan fingerprint density at radius 3 is 2.62 bits per heavy atom. The smallest absolute Gasteiger partial charge is 0.239 e. The lowest BCUT2D eigenvalue weighted by Crippen LogP contribution is -2.36. The van der Waals surface area contributed by atoms with Gasteiger partial charge in [0, 0.05) is 7.05 Å². The Labute approximate surface area is 94.4 Å². The van der Waals surface area contributed by atoms with Crippen molar-refractivity contribution in [3.63, 3.8) is 0 Å². The molecule has 16 heavy (non-hydrogen) atoms. The lowest BCUT2D eigenvalue weighted by molar-refractivity contribution is 0.295. The lowest BCUT2D eigenvalue weighted by Gasteiger charge is -2.22. The number of benzene rings is 1. The molecule has 0 fully saturated rings. The summed E-state index contributed by atoms with van der Waals surface area (Å²) in [6.45, 7) is 0.924. The monoisotopic (exact) mass is 247 g/mol. The van der Waals surface area contributed by atoms with Crippen LogP contribution in [0, 0.1) is 5.82 Å². The first-order chi connectivity index (χ1) is 7.39. The molecule has 1 aromatic rings. The zero-order chi connectivity index (χ0) is 12.3. The van der Waals surface area contributed by atoms with Crippen molar-refractivity contribution in [2.24, 2.45) is 0 Å². The Hall–Kier alpha value is -1.14. The number of anilines is 1. The number of aliphatic hydroxyl groups is 1. The fourth-order valence-electron chi connectivity index (χ4n) is 1.18. The molecule has 90 valence electrons. The highest BCUT2D eigenvalue weighted by Gasteiger charge is 2.25. The maximum Gasteiger partial charge on any atom is 0.239 e. The zero-order valence-electron chi connectivity index (χ0n) is 9.09. The van der Waals surface area contributed by atoms with Crippen molar-refractivity contribution in [3.05, 3.63) is 30.1 Å². The van der Waals surface area contributed by atoms with E-state index in [9.17, 15) is 12.8 Å². The number of rotatable bonds is 4. The highest BCUT2D eigenvalue weighted by Crippen LogP contribution is 2.19. The summed E-state index contributed by atoms with van der Waals surface area (Å²) in [6.07, 6.45) is 0. The van der Waals surface area contributed by atoms with E-state index in [0.29, 0.717) is 0 Å². The van der Waals surface area contributed by atoms with Crippen LogP contribution in [-0.2, 0) is 10.0 Å². The Kier molecular flexibility index (Phi) is 3.88. The minimum atomic E-state index is -3.64. The van der Waals surface area contributed by atoms with Gasteiger partial charge in [-0.3, -0.25) is 4.31 Å². The number of halogens is 1. The van der Waals surface area contributed by atoms with E-state index in [1.807, 2.05) is 0 Å². The first-order valence-electron chi connectivity index (χ1n) is 4.73. The van der Waals surface area contributed by atoms with E-state index in [1.54, 1.807) is 0 Å². The molecule has 0 saturated heterocycles. The molecule has 0 saturated carbocycles. The van der Waals surface area contributed by atoms with E-state index >= 15 is 0 Å². The van der Waals surface area contributed by atoms with Crippen molar-refractivity contribution >= 4 is 15.7 Å². The average Bonchev–Trinajstić information content (AvgIpc) is 2.26. The van der Waals surface area contributed by atoms with E-state index in [1.165, 1.54) is 32.2 Å². The fraction of sp³-hybridized carbons (Fsp3) is 0.400. The molecule has 4 nitrogen and oxygen atoms in total. The van der Waals surface area contributed by atoms with Crippen LogP contribution in [0.5, 0.6) is 0 Å². The molecule has 1 N–H and O–H groups in total. The molecule has 0 aliphatic rings. The Morgan fingerprint density at radius 2 is 2.12 bits per heavy atom. The maximum atomic E-state index is 12.9. The lowest BCUT2D eigenvalue weighted by atomic mass is 10.3. The number of sulfonamides is 1. The normalized spacial score (nSPS) is 13.5. The summed E-state index contributed by atoms with van der Waals surface area (Å²) in [5.41, 5.74) is 0.236. The minimum Gasteiger partial charge on any atom is -0.395 e. The van der Waals surface area contributed by atoms with E-state index in [4.69, 9.17) is 5.11 Å². The summed E-state index contributed by atoms with van der Waals surface area (Å²) in [7, 11) is -2.31. The van der Waals surface area contributed by atoms with Crippen molar-refractivity contribution in [1.82, 2.24) is 0 Å². The van der Waals surface area contributed by atoms with Crippen LogP contribution in [0.2, 0.25) is 0 Å². The summed E-state index contributed by atoms with van der Waals surface area (Å²) >= 11 is 0. The molecule has 0 heterocycles. The highest BCUT2D eigenvalue weighted by atomic mass is 32.2. The molecule has 0 radical (unpaired) electrons. The van der Waals surface area contributed by atoms with Gasteiger partial charge in [-0.25, -0.2) is 12.8 Å². The molecule has 1 rings (SSSR count). The molecule has 0 spiro atoms. The molecular weight excluding hydrogens is 233 g/mol. The van der Waals surface area contributed by atoms with Crippen LogP contribution in [0.15, 0.2) is 24.3 Å². The average molecular weight is 247 g/mol. The van der Waals surface area contributed by atoms with E-state index in [2.05, 4.69) is 0 Å². The van der Waals surface area contributed by atoms with Crippen molar-refractivity contribution in [2.45, 2.75) is 12.2 Å². The van der Waals surface area contributed by atoms with Crippen LogP contribution in [0.3, 0.4) is 0 Å². The molecular formula is C10H14FNO3S. The van der Waals surface area contributed by atoms with Gasteiger partial charge in [0.05, 0.1) is 12.3 Å². The van der Waals surface area contributed by atoms with Gasteiger partial charge in [-0.15, -0.1) is 0 Å². The Bertz CT molecular complexity index is 461. The van der Waals surface area contributed by atoms with Crippen LogP contribution in [0.4, 0.5) is 10.1 Å². The predicted molar refractivity (Wildman–Crippen MR) is 60.3 cm³/mol. The van der Waals surface area contributed by atoms with Gasteiger partial charge in [-0.1, -0.05) is 6.07 Å². The first-order valence-corrected chi connectivity index (χ1v) is 6.24. The molecule has 0 amide bonds. The summed E-state index contributed by atoms with van der Waals surface area (Å²) in [5.74, 6) is -0.504. The van der Waals surface area contributed by atoms with Gasteiger partial charge in [0.15, 0.2) is 0 Å². The van der Waals surface area contributed by atoms with Gasteiger partial charge in [0.1, 0.15) is 11.1 Å². The van der Waals surface area contributed by atoms with Gasteiger partial charge < -0.3 is 5.11 Å². The van der Waals surface area contributed by atoms with Gasteiger partial charge in [-0.2, -0.15) is 0 Å². The van der Waals surface area contributed by atoms with Gasteiger partial charge in [0.25, 0.3) is 0 Å². The standard InChI is InChI=1S/C10H14FNO3S/c1-8(7-13)16(14,15)12(2)10-5-3-4-9(11)6-10/h3-6,8,13H,7H2,1-2H3. The summed E-state index contributed by atoms with van der Waals surface area (Å²) in [5, 5.41) is 7.92. The highest BCUT2D eigenvalue weighted by molar-refractivity contribution is 7.93. The maximum absolute atomic E-state index is 12.9. The Balaban J connectivity index is 3.07. The fourth-order valence-corrected chi connectivity index (χ4v) is 2.32. The van der Waals surface area contributed by atoms with Crippen molar-refractivity contribution in [2.75, 3.05) is 18.0 Å². The predicted octanol–water partition coefficient (Wildman–Crippen LogP) is 0.973. The summed E-state index contributed by atoms with van der Waals surface area (Å²) in [6, 6.07) is 5.28. The SMILES string of the molecule is CC(CO)S(=O)(=O)N(C)c1cccc(F)c1. The van der Waals surface area contributed by atoms with Crippen LogP contribution < -0.4 is 4.31 Å². The van der Waals surface area contributed by atoms with E-state index in [-0.39, 0.29) is 5.69 Å². The number of aliphatic hydroxyl groups excluding tert-OH is 1. The topological polar surface area (TPSA) is 57.6 Å². The van der Waals surface area contributed by atoms with Crippen LogP contribution >= 0.6 is 0 Å². The molecule has 6 heteroatoms. The zero-order valence-corrected chi connectivity index (χ0v) is 9.91. The number of hydrogen-bond acceptors (Lipinski definition) is 3. The third-order valence-corrected chi connectivity index (χ3v) is 4.46. The second-order valence-corrected chi connectivity index (χ2v) is 5.87. The van der Waals surface area contributed by atoms with Crippen LogP contribution in [0.25, 0.3) is 0 Å². The number of hydrogen-bond donors (Lipinski definition) is 1. The number of nitrogens with zero attached hydrogens (tertiary/aromatic N) is 1. The molecule has 1 aromatic carbocycles. The third-order valence-electron chi connectivity index (χ3n) is 2.32. The van der Waals surface area contributed by atoms with Crippen LogP contribution in [0.1, 0.15) is 6.92 Å².